The van der Waals surface area contributed by atoms with E-state index >= 15 is 0 Å². The first-order valence-corrected chi connectivity index (χ1v) is 4.16. The molecule has 1 radical (unpaired) electrons. The molecule has 6 N–H and O–H groups in total. The molecule has 0 rings (SSSR count). The quantitative estimate of drug-likeness (QED) is 0.276. The fourth-order valence-electron chi connectivity index (χ4n) is 0.329. The molecule has 0 aromatic rings. The van der Waals surface area contributed by atoms with E-state index in [1.807, 2.05) is 0 Å². The van der Waals surface area contributed by atoms with Gasteiger partial charge in [-0.05, 0) is 0 Å². The van der Waals surface area contributed by atoms with Crippen molar-refractivity contribution in [3.05, 3.63) is 0 Å². The molecule has 9 heteroatoms. The Kier molecular flexibility index (Phi) is 27.3. The van der Waals surface area contributed by atoms with E-state index in [0.717, 1.165) is 0 Å². The summed E-state index contributed by atoms with van der Waals surface area (Å²) in [5.74, 6) is 0. The first-order valence-electron chi connectivity index (χ1n) is 2.52. The third kappa shape index (κ3) is 24.5. The van der Waals surface area contributed by atoms with Gasteiger partial charge in [0.1, 0.15) is 0 Å². The molecule has 0 bridgehead atoms. The van der Waals surface area contributed by atoms with Crippen molar-refractivity contribution in [1.82, 2.24) is 10.6 Å². The van der Waals surface area contributed by atoms with Crippen LogP contribution in [0.1, 0.15) is 0 Å². The first kappa shape index (κ1) is 23.5. The maximum atomic E-state index is 4.59. The standard InChI is InChI=1S/C4H8N2S4.Mn.2H2O/c7-3(8)5-1-2-6-4(9)10;;;/h1-2H2,(H2,5,7,8)(H2,6,9,10);;2*1H2/q;+2;;/p-2. The van der Waals surface area contributed by atoms with Gasteiger partial charge in [-0.15, -0.1) is 0 Å². The van der Waals surface area contributed by atoms with Crippen molar-refractivity contribution in [1.29, 1.82) is 0 Å². The molecule has 0 heterocycles. The molecule has 0 fully saturated rings. The van der Waals surface area contributed by atoms with Gasteiger partial charge in [0.2, 0.25) is 0 Å². The molecule has 4 nitrogen and oxygen atoms in total. The van der Waals surface area contributed by atoms with E-state index in [2.05, 4.69) is 60.3 Å². The summed E-state index contributed by atoms with van der Waals surface area (Å²) in [6, 6.07) is 0. The van der Waals surface area contributed by atoms with Crippen molar-refractivity contribution in [2.45, 2.75) is 0 Å². The van der Waals surface area contributed by atoms with E-state index < -0.39 is 0 Å². The molecule has 0 amide bonds. The average Bonchev–Trinajstić information content (AvgIpc) is 1.79. The monoisotopic (exact) mass is 301 g/mol. The van der Waals surface area contributed by atoms with Crippen LogP contribution in [0.5, 0.6) is 0 Å². The molecule has 0 aliphatic heterocycles. The van der Waals surface area contributed by atoms with Gasteiger partial charge in [-0.2, -0.15) is 0 Å². The molecule has 0 aliphatic rings. The number of nitrogens with one attached hydrogen (secondary N) is 2. The van der Waals surface area contributed by atoms with Crippen LogP contribution in [-0.4, -0.2) is 32.7 Å². The Balaban J connectivity index is -0.000000135. The predicted octanol–water partition coefficient (Wildman–Crippen LogP) is -1.82. The summed E-state index contributed by atoms with van der Waals surface area (Å²) in [4.78, 5) is 0. The molecule has 0 aromatic carbocycles. The molecule has 0 saturated heterocycles. The van der Waals surface area contributed by atoms with Crippen molar-refractivity contribution < 1.29 is 28.0 Å². The summed E-state index contributed by atoms with van der Waals surface area (Å²) < 4.78 is 0.745. The largest absolute Gasteiger partial charge is 2.00 e. The van der Waals surface area contributed by atoms with Gasteiger partial charge in [-0.25, -0.2) is 0 Å². The Morgan fingerprint density at radius 2 is 1.15 bits per heavy atom. The Hall–Kier alpha value is 0.659. The topological polar surface area (TPSA) is 87.1 Å². The average molecular weight is 301 g/mol. The fraction of sp³-hybridized carbons (Fsp3) is 0.500. The summed E-state index contributed by atoms with van der Waals surface area (Å²) in [7, 11) is 0. The van der Waals surface area contributed by atoms with Crippen molar-refractivity contribution >= 4 is 58.3 Å². The van der Waals surface area contributed by atoms with Gasteiger partial charge in [0.25, 0.3) is 0 Å². The van der Waals surface area contributed by atoms with Gasteiger partial charge in [-0.1, -0.05) is 8.64 Å². The van der Waals surface area contributed by atoms with Gasteiger partial charge >= 0.3 is 17.1 Å². The van der Waals surface area contributed by atoms with E-state index in [9.17, 15) is 0 Å². The van der Waals surface area contributed by atoms with Crippen LogP contribution < -0.4 is 10.6 Å². The van der Waals surface area contributed by atoms with Crippen molar-refractivity contribution in [2.24, 2.45) is 0 Å². The molecular formula is C4H10MnN2O2S4. The molecule has 13 heavy (non-hydrogen) atoms. The van der Waals surface area contributed by atoms with Gasteiger partial charge in [-0.3, -0.25) is 0 Å². The maximum Gasteiger partial charge on any atom is 2.00 e. The van der Waals surface area contributed by atoms with Crippen LogP contribution in [0.3, 0.4) is 0 Å². The summed E-state index contributed by atoms with van der Waals surface area (Å²) >= 11 is 18.4. The first-order chi connectivity index (χ1) is 4.63. The van der Waals surface area contributed by atoms with Crippen LogP contribution >= 0.6 is 24.4 Å². The molecule has 0 spiro atoms. The fourth-order valence-corrected chi connectivity index (χ4v) is 0.737. The Morgan fingerprint density at radius 3 is 1.31 bits per heavy atom. The Labute approximate surface area is 110 Å². The van der Waals surface area contributed by atoms with Crippen LogP contribution in [0.2, 0.25) is 0 Å². The Bertz CT molecular complexity index is 132. The summed E-state index contributed by atoms with van der Waals surface area (Å²) in [5.41, 5.74) is 0. The van der Waals surface area contributed by atoms with Crippen LogP contribution in [0, 0.1) is 0 Å². The summed E-state index contributed by atoms with van der Waals surface area (Å²) in [6.07, 6.45) is 0. The molecule has 0 aliphatic carbocycles. The van der Waals surface area contributed by atoms with Crippen molar-refractivity contribution in [3.63, 3.8) is 0 Å². The van der Waals surface area contributed by atoms with Crippen LogP contribution in [-0.2, 0) is 42.3 Å². The van der Waals surface area contributed by atoms with Crippen molar-refractivity contribution in [3.8, 4) is 0 Å². The number of hydrogen-bond acceptors (Lipinski definition) is 4. The smallest absolute Gasteiger partial charge is 0.412 e. The van der Waals surface area contributed by atoms with Gasteiger partial charge in [0, 0.05) is 13.1 Å². The molecule has 0 unspecified atom stereocenters. The van der Waals surface area contributed by atoms with E-state index in [1.54, 1.807) is 0 Å². The zero-order valence-electron chi connectivity index (χ0n) is 6.43. The van der Waals surface area contributed by atoms with E-state index in [-0.39, 0.29) is 28.0 Å². The number of hydrogen-bond donors (Lipinski definition) is 2. The summed E-state index contributed by atoms with van der Waals surface area (Å²) in [6.45, 7) is 1.33. The van der Waals surface area contributed by atoms with Crippen LogP contribution in [0.15, 0.2) is 0 Å². The maximum absolute atomic E-state index is 4.59. The number of thiocarbonyl (C=S) groups is 2. The minimum Gasteiger partial charge on any atom is -0.412 e. The molecule has 0 aromatic heterocycles. The van der Waals surface area contributed by atoms with Crippen LogP contribution in [0.4, 0.5) is 0 Å². The van der Waals surface area contributed by atoms with Gasteiger partial charge in [0.15, 0.2) is 0 Å². The normalized spacial score (nSPS) is 6.46. The zero-order valence-corrected chi connectivity index (χ0v) is 10.9. The molecule has 0 atom stereocenters. The molecule has 0 saturated carbocycles. The van der Waals surface area contributed by atoms with E-state index in [4.69, 9.17) is 0 Å². The second-order valence-electron chi connectivity index (χ2n) is 1.43. The molecule has 79 valence electrons. The second-order valence-corrected chi connectivity index (χ2v) is 3.58. The SMILES string of the molecule is O.O.S=C([S-])NCCNC(=S)[S-].[Mn+2]. The Morgan fingerprint density at radius 1 is 0.923 bits per heavy atom. The minimum atomic E-state index is 0. The predicted molar refractivity (Wildman–Crippen MR) is 63.2 cm³/mol. The third-order valence-corrected chi connectivity index (χ3v) is 1.24. The summed E-state index contributed by atoms with van der Waals surface area (Å²) in [5, 5.41) is 5.56. The van der Waals surface area contributed by atoms with Crippen LogP contribution in [0.25, 0.3) is 0 Å². The zero-order chi connectivity index (χ0) is 7.98. The minimum absolute atomic E-state index is 0. The second kappa shape index (κ2) is 15.1. The van der Waals surface area contributed by atoms with E-state index in [0.29, 0.717) is 21.7 Å². The number of rotatable bonds is 3. The molecular weight excluding hydrogens is 291 g/mol. The van der Waals surface area contributed by atoms with Gasteiger partial charge in [0.05, 0.1) is 0 Å². The van der Waals surface area contributed by atoms with Crippen molar-refractivity contribution in [2.75, 3.05) is 13.1 Å². The van der Waals surface area contributed by atoms with Gasteiger partial charge < -0.3 is 71.3 Å². The van der Waals surface area contributed by atoms with E-state index in [1.165, 1.54) is 0 Å². The third-order valence-electron chi connectivity index (χ3n) is 0.664.